The zero-order valence-electron chi connectivity index (χ0n) is 17.9. The molecule has 1 aromatic heterocycles. The first-order valence-electron chi connectivity index (χ1n) is 10.8. The van der Waals surface area contributed by atoms with Gasteiger partial charge in [-0.3, -0.25) is 9.69 Å². The molecule has 0 saturated heterocycles. The van der Waals surface area contributed by atoms with Gasteiger partial charge in [-0.2, -0.15) is 0 Å². The number of nitrogens with one attached hydrogen (secondary N) is 1. The van der Waals surface area contributed by atoms with Gasteiger partial charge in [-0.1, -0.05) is 24.3 Å². The average Bonchev–Trinajstić information content (AvgIpc) is 3.14. The Morgan fingerprint density at radius 1 is 1.10 bits per heavy atom. The van der Waals surface area contributed by atoms with Crippen molar-refractivity contribution in [2.45, 2.75) is 45.3 Å². The molecule has 168 valence electrons. The number of ether oxygens (including phenoxy) is 1. The average molecular weight is 447 g/mol. The highest BCUT2D eigenvalue weighted by Gasteiger charge is 2.23. The maximum absolute atomic E-state index is 12.5. The van der Waals surface area contributed by atoms with Gasteiger partial charge in [-0.05, 0) is 48.6 Å². The maximum atomic E-state index is 12.5. The lowest BCUT2D eigenvalue weighted by atomic mass is 9.82. The lowest BCUT2D eigenvalue weighted by molar-refractivity contribution is 0.178. The molecule has 0 unspecified atom stereocenters. The summed E-state index contributed by atoms with van der Waals surface area (Å²) in [7, 11) is -3.14. The summed E-state index contributed by atoms with van der Waals surface area (Å²) in [6.45, 7) is 3.30. The van der Waals surface area contributed by atoms with Crippen LogP contribution < -0.4 is 14.9 Å². The molecule has 1 aliphatic carbocycles. The van der Waals surface area contributed by atoms with Gasteiger partial charge < -0.3 is 9.15 Å². The molecule has 1 saturated carbocycles. The van der Waals surface area contributed by atoms with Gasteiger partial charge in [0.2, 0.25) is 21.2 Å². The van der Waals surface area contributed by atoms with Crippen LogP contribution in [0.4, 0.5) is 0 Å². The molecule has 0 spiro atoms. The SMILES string of the molecule is CS(=O)(=O)NCC1CCC(COc2coc(CN3Cc4ccccc4C3)cc2=O)CC1. The van der Waals surface area contributed by atoms with Crippen molar-refractivity contribution in [3.63, 3.8) is 0 Å². The van der Waals surface area contributed by atoms with Gasteiger partial charge in [0, 0.05) is 25.7 Å². The summed E-state index contributed by atoms with van der Waals surface area (Å²) in [5, 5.41) is 0. The van der Waals surface area contributed by atoms with Gasteiger partial charge in [-0.25, -0.2) is 13.1 Å². The number of nitrogens with zero attached hydrogens (tertiary/aromatic N) is 1. The van der Waals surface area contributed by atoms with Gasteiger partial charge in [0.05, 0.1) is 19.4 Å². The van der Waals surface area contributed by atoms with Crippen LogP contribution in [-0.2, 0) is 29.7 Å². The minimum Gasteiger partial charge on any atom is -0.486 e. The zero-order chi connectivity index (χ0) is 21.8. The molecule has 1 fully saturated rings. The Morgan fingerprint density at radius 3 is 2.35 bits per heavy atom. The molecule has 1 aliphatic heterocycles. The summed E-state index contributed by atoms with van der Waals surface area (Å²) in [6.07, 6.45) is 6.48. The standard InChI is InChI=1S/C23H30N2O5S/c1-31(27,28)24-11-17-6-8-18(9-7-17)15-30-23-16-29-21(10-22(23)26)14-25-12-19-4-2-3-5-20(19)13-25/h2-5,10,16-18,24H,6-9,11-15H2,1H3. The van der Waals surface area contributed by atoms with E-state index in [0.29, 0.717) is 37.3 Å². The highest BCUT2D eigenvalue weighted by atomic mass is 32.2. The summed E-state index contributed by atoms with van der Waals surface area (Å²) in [4.78, 5) is 14.7. The van der Waals surface area contributed by atoms with E-state index in [4.69, 9.17) is 9.15 Å². The lowest BCUT2D eigenvalue weighted by Crippen LogP contribution is -2.31. The topological polar surface area (TPSA) is 88.8 Å². The Labute approximate surface area is 183 Å². The molecular weight excluding hydrogens is 416 g/mol. The summed E-state index contributed by atoms with van der Waals surface area (Å²) in [6, 6.07) is 9.91. The third kappa shape index (κ3) is 6.18. The normalized spacial score (nSPS) is 21.7. The van der Waals surface area contributed by atoms with Crippen molar-refractivity contribution in [2.75, 3.05) is 19.4 Å². The Kier molecular flexibility index (Phi) is 6.79. The second-order valence-electron chi connectivity index (χ2n) is 8.81. The molecule has 8 heteroatoms. The van der Waals surface area contributed by atoms with Crippen LogP contribution in [0.15, 0.2) is 45.8 Å². The van der Waals surface area contributed by atoms with Gasteiger partial charge in [0.25, 0.3) is 0 Å². The first-order chi connectivity index (χ1) is 14.9. The third-order valence-corrected chi connectivity index (χ3v) is 6.90. The molecule has 2 heterocycles. The highest BCUT2D eigenvalue weighted by Crippen LogP contribution is 2.29. The van der Waals surface area contributed by atoms with E-state index in [-0.39, 0.29) is 11.2 Å². The number of sulfonamides is 1. The zero-order valence-corrected chi connectivity index (χ0v) is 18.7. The molecule has 1 N–H and O–H groups in total. The fourth-order valence-electron chi connectivity index (χ4n) is 4.44. The second-order valence-corrected chi connectivity index (χ2v) is 10.6. The smallest absolute Gasteiger partial charge is 0.227 e. The fraction of sp³-hybridized carbons (Fsp3) is 0.522. The fourth-order valence-corrected chi connectivity index (χ4v) is 4.98. The minimum absolute atomic E-state index is 0.149. The summed E-state index contributed by atoms with van der Waals surface area (Å²) < 4.78 is 36.5. The molecule has 0 atom stereocenters. The van der Waals surface area contributed by atoms with Crippen molar-refractivity contribution < 1.29 is 17.6 Å². The van der Waals surface area contributed by atoms with Crippen molar-refractivity contribution in [2.24, 2.45) is 11.8 Å². The quantitative estimate of drug-likeness (QED) is 0.671. The molecule has 31 heavy (non-hydrogen) atoms. The van der Waals surface area contributed by atoms with Gasteiger partial charge >= 0.3 is 0 Å². The van der Waals surface area contributed by atoms with Gasteiger partial charge in [-0.15, -0.1) is 0 Å². The number of benzene rings is 1. The van der Waals surface area contributed by atoms with Crippen LogP contribution in [0.5, 0.6) is 5.75 Å². The van der Waals surface area contributed by atoms with Gasteiger partial charge in [0.15, 0.2) is 0 Å². The van der Waals surface area contributed by atoms with E-state index < -0.39 is 10.0 Å². The molecule has 7 nitrogen and oxygen atoms in total. The molecule has 0 radical (unpaired) electrons. The monoisotopic (exact) mass is 446 g/mol. The molecule has 4 rings (SSSR count). The van der Waals surface area contributed by atoms with E-state index >= 15 is 0 Å². The number of hydrogen-bond donors (Lipinski definition) is 1. The van der Waals surface area contributed by atoms with E-state index in [1.807, 2.05) is 12.1 Å². The number of hydrogen-bond acceptors (Lipinski definition) is 6. The molecule has 1 aromatic carbocycles. The van der Waals surface area contributed by atoms with Gasteiger partial charge in [0.1, 0.15) is 12.0 Å². The van der Waals surface area contributed by atoms with E-state index in [1.165, 1.54) is 29.7 Å². The van der Waals surface area contributed by atoms with Crippen molar-refractivity contribution in [1.29, 1.82) is 0 Å². The summed E-state index contributed by atoms with van der Waals surface area (Å²) in [5.74, 6) is 1.64. The Hall–Kier alpha value is -2.16. The van der Waals surface area contributed by atoms with Crippen LogP contribution in [0.2, 0.25) is 0 Å². The van der Waals surface area contributed by atoms with Crippen LogP contribution in [0.1, 0.15) is 42.6 Å². The number of fused-ring (bicyclic) bond motifs is 1. The van der Waals surface area contributed by atoms with Crippen LogP contribution in [-0.4, -0.2) is 32.7 Å². The van der Waals surface area contributed by atoms with Crippen LogP contribution in [0, 0.1) is 11.8 Å². The van der Waals surface area contributed by atoms with E-state index in [1.54, 1.807) is 0 Å². The highest BCUT2D eigenvalue weighted by molar-refractivity contribution is 7.88. The molecule has 2 aromatic rings. The predicted molar refractivity (Wildman–Crippen MR) is 118 cm³/mol. The predicted octanol–water partition coefficient (Wildman–Crippen LogP) is 2.89. The van der Waals surface area contributed by atoms with Crippen LogP contribution >= 0.6 is 0 Å². The Bertz CT molecular complexity index is 1030. The summed E-state index contributed by atoms with van der Waals surface area (Å²) >= 11 is 0. The summed E-state index contributed by atoms with van der Waals surface area (Å²) in [5.41, 5.74) is 2.50. The van der Waals surface area contributed by atoms with Crippen molar-refractivity contribution in [3.05, 3.63) is 63.7 Å². The maximum Gasteiger partial charge on any atom is 0.227 e. The molecular formula is C23H30N2O5S. The van der Waals surface area contributed by atoms with Crippen molar-refractivity contribution >= 4 is 10.0 Å². The first kappa shape index (κ1) is 22.0. The third-order valence-electron chi connectivity index (χ3n) is 6.21. The molecule has 2 aliphatic rings. The second kappa shape index (κ2) is 9.54. The number of rotatable bonds is 8. The van der Waals surface area contributed by atoms with E-state index in [2.05, 4.69) is 21.8 Å². The first-order valence-corrected chi connectivity index (χ1v) is 12.7. The van der Waals surface area contributed by atoms with Crippen molar-refractivity contribution in [3.8, 4) is 5.75 Å². The Balaban J connectivity index is 1.23. The Morgan fingerprint density at radius 2 is 1.74 bits per heavy atom. The van der Waals surface area contributed by atoms with Crippen LogP contribution in [0.3, 0.4) is 0 Å². The van der Waals surface area contributed by atoms with E-state index in [9.17, 15) is 13.2 Å². The molecule has 0 amide bonds. The van der Waals surface area contributed by atoms with Crippen molar-refractivity contribution in [1.82, 2.24) is 9.62 Å². The molecule has 0 bridgehead atoms. The lowest BCUT2D eigenvalue weighted by Gasteiger charge is -2.28. The van der Waals surface area contributed by atoms with Crippen LogP contribution in [0.25, 0.3) is 0 Å². The van der Waals surface area contributed by atoms with E-state index in [0.717, 1.165) is 38.8 Å². The minimum atomic E-state index is -3.14. The largest absolute Gasteiger partial charge is 0.486 e.